The highest BCUT2D eigenvalue weighted by molar-refractivity contribution is 5.55. The van der Waals surface area contributed by atoms with Gasteiger partial charge >= 0.3 is 0 Å². The van der Waals surface area contributed by atoms with E-state index < -0.39 is 0 Å². The van der Waals surface area contributed by atoms with E-state index >= 15 is 0 Å². The molecule has 2 atom stereocenters. The SMILES string of the molecule is CCC1CCN(c2ccc(F)cc2C(C)N)C1. The van der Waals surface area contributed by atoms with Crippen molar-refractivity contribution >= 4 is 5.69 Å². The summed E-state index contributed by atoms with van der Waals surface area (Å²) >= 11 is 0. The fourth-order valence-electron chi connectivity index (χ4n) is 2.56. The highest BCUT2D eigenvalue weighted by Crippen LogP contribution is 2.31. The van der Waals surface area contributed by atoms with Gasteiger partial charge in [0.15, 0.2) is 0 Å². The minimum atomic E-state index is -0.202. The molecule has 94 valence electrons. The third-order valence-electron chi connectivity index (χ3n) is 3.68. The molecule has 1 aromatic carbocycles. The van der Waals surface area contributed by atoms with Gasteiger partial charge in [0.2, 0.25) is 0 Å². The van der Waals surface area contributed by atoms with E-state index in [2.05, 4.69) is 11.8 Å². The summed E-state index contributed by atoms with van der Waals surface area (Å²) < 4.78 is 13.3. The van der Waals surface area contributed by atoms with Crippen LogP contribution < -0.4 is 10.6 Å². The van der Waals surface area contributed by atoms with Crippen LogP contribution in [-0.4, -0.2) is 13.1 Å². The van der Waals surface area contributed by atoms with Gasteiger partial charge < -0.3 is 10.6 Å². The van der Waals surface area contributed by atoms with E-state index in [0.29, 0.717) is 0 Å². The normalized spacial score (nSPS) is 21.9. The molecule has 2 nitrogen and oxygen atoms in total. The molecule has 3 heteroatoms. The molecule has 0 aliphatic carbocycles. The molecule has 0 spiro atoms. The number of nitrogens with zero attached hydrogens (tertiary/aromatic N) is 1. The van der Waals surface area contributed by atoms with Crippen LogP contribution in [0.4, 0.5) is 10.1 Å². The predicted molar refractivity (Wildman–Crippen MR) is 69.6 cm³/mol. The molecule has 1 fully saturated rings. The van der Waals surface area contributed by atoms with Crippen molar-refractivity contribution in [2.45, 2.75) is 32.7 Å². The van der Waals surface area contributed by atoms with E-state index in [1.165, 1.54) is 18.9 Å². The Bertz CT molecular complexity index is 390. The van der Waals surface area contributed by atoms with Crippen LogP contribution in [0.15, 0.2) is 18.2 Å². The molecule has 1 heterocycles. The van der Waals surface area contributed by atoms with E-state index in [1.807, 2.05) is 13.0 Å². The summed E-state index contributed by atoms with van der Waals surface area (Å²) in [5.41, 5.74) is 7.95. The Morgan fingerprint density at radius 3 is 2.88 bits per heavy atom. The van der Waals surface area contributed by atoms with Crippen LogP contribution in [0, 0.1) is 11.7 Å². The van der Waals surface area contributed by atoms with Crippen LogP contribution in [0.5, 0.6) is 0 Å². The quantitative estimate of drug-likeness (QED) is 0.874. The van der Waals surface area contributed by atoms with Crippen molar-refractivity contribution in [1.82, 2.24) is 0 Å². The topological polar surface area (TPSA) is 29.3 Å². The molecule has 2 rings (SSSR count). The van der Waals surface area contributed by atoms with E-state index in [0.717, 1.165) is 30.3 Å². The number of rotatable bonds is 3. The average Bonchev–Trinajstić information content (AvgIpc) is 2.77. The standard InChI is InChI=1S/C14H21FN2/c1-3-11-6-7-17(9-11)14-5-4-12(15)8-13(14)10(2)16/h4-5,8,10-11H,3,6-7,9,16H2,1-2H3. The summed E-state index contributed by atoms with van der Waals surface area (Å²) in [4.78, 5) is 2.34. The molecule has 0 amide bonds. The van der Waals surface area contributed by atoms with E-state index in [9.17, 15) is 4.39 Å². The molecule has 1 aliphatic heterocycles. The smallest absolute Gasteiger partial charge is 0.123 e. The Balaban J connectivity index is 2.26. The van der Waals surface area contributed by atoms with Gasteiger partial charge in [-0.25, -0.2) is 4.39 Å². The molecule has 2 unspecified atom stereocenters. The van der Waals surface area contributed by atoms with Crippen molar-refractivity contribution in [3.63, 3.8) is 0 Å². The average molecular weight is 236 g/mol. The first kappa shape index (κ1) is 12.4. The molecule has 2 N–H and O–H groups in total. The Morgan fingerprint density at radius 2 is 2.29 bits per heavy atom. The first-order valence-electron chi connectivity index (χ1n) is 6.41. The zero-order chi connectivity index (χ0) is 12.4. The number of nitrogens with two attached hydrogens (primary N) is 1. The van der Waals surface area contributed by atoms with E-state index in [4.69, 9.17) is 5.73 Å². The van der Waals surface area contributed by atoms with Crippen molar-refractivity contribution in [3.8, 4) is 0 Å². The van der Waals surface area contributed by atoms with Crippen LogP contribution in [0.25, 0.3) is 0 Å². The number of hydrogen-bond acceptors (Lipinski definition) is 2. The van der Waals surface area contributed by atoms with E-state index in [1.54, 1.807) is 6.07 Å². The fourth-order valence-corrected chi connectivity index (χ4v) is 2.56. The van der Waals surface area contributed by atoms with Crippen molar-refractivity contribution in [2.24, 2.45) is 11.7 Å². The lowest BCUT2D eigenvalue weighted by Crippen LogP contribution is -2.22. The Hall–Kier alpha value is -1.09. The van der Waals surface area contributed by atoms with Crippen molar-refractivity contribution < 1.29 is 4.39 Å². The zero-order valence-electron chi connectivity index (χ0n) is 10.6. The second kappa shape index (κ2) is 5.05. The maximum Gasteiger partial charge on any atom is 0.123 e. The highest BCUT2D eigenvalue weighted by atomic mass is 19.1. The van der Waals surface area contributed by atoms with Gasteiger partial charge in [-0.3, -0.25) is 0 Å². The third kappa shape index (κ3) is 2.60. The maximum atomic E-state index is 13.3. The van der Waals surface area contributed by atoms with Crippen LogP contribution >= 0.6 is 0 Å². The number of anilines is 1. The molecule has 1 aliphatic rings. The van der Waals surface area contributed by atoms with Gasteiger partial charge in [0.25, 0.3) is 0 Å². The molecule has 0 bridgehead atoms. The number of hydrogen-bond donors (Lipinski definition) is 1. The fraction of sp³-hybridized carbons (Fsp3) is 0.571. The summed E-state index contributed by atoms with van der Waals surface area (Å²) in [6.45, 7) is 6.27. The molecule has 0 aromatic heterocycles. The molecule has 0 radical (unpaired) electrons. The molecule has 1 saturated heterocycles. The lowest BCUT2D eigenvalue weighted by molar-refractivity contribution is 0.568. The lowest BCUT2D eigenvalue weighted by atomic mass is 10.1. The molecule has 0 saturated carbocycles. The molecule has 17 heavy (non-hydrogen) atoms. The van der Waals surface area contributed by atoms with Crippen molar-refractivity contribution in [3.05, 3.63) is 29.6 Å². The van der Waals surface area contributed by atoms with Crippen molar-refractivity contribution in [2.75, 3.05) is 18.0 Å². The Labute approximate surface area is 103 Å². The van der Waals surface area contributed by atoms with Gasteiger partial charge in [-0.15, -0.1) is 0 Å². The Morgan fingerprint density at radius 1 is 1.53 bits per heavy atom. The summed E-state index contributed by atoms with van der Waals surface area (Å²) in [6, 6.07) is 4.84. The summed E-state index contributed by atoms with van der Waals surface area (Å²) in [5, 5.41) is 0. The minimum Gasteiger partial charge on any atom is -0.371 e. The van der Waals surface area contributed by atoms with Crippen LogP contribution in [0.2, 0.25) is 0 Å². The van der Waals surface area contributed by atoms with Gasteiger partial charge in [0, 0.05) is 24.8 Å². The van der Waals surface area contributed by atoms with Gasteiger partial charge in [0.05, 0.1) is 0 Å². The number of halogens is 1. The lowest BCUT2D eigenvalue weighted by Gasteiger charge is -2.23. The van der Waals surface area contributed by atoms with Gasteiger partial charge in [-0.2, -0.15) is 0 Å². The molecule has 1 aromatic rings. The van der Waals surface area contributed by atoms with Gasteiger partial charge in [0.1, 0.15) is 5.82 Å². The van der Waals surface area contributed by atoms with Crippen LogP contribution in [-0.2, 0) is 0 Å². The Kier molecular flexibility index (Phi) is 3.67. The second-order valence-electron chi connectivity index (χ2n) is 5.00. The second-order valence-corrected chi connectivity index (χ2v) is 5.00. The summed E-state index contributed by atoms with van der Waals surface area (Å²) in [7, 11) is 0. The first-order chi connectivity index (χ1) is 8.11. The van der Waals surface area contributed by atoms with Crippen LogP contribution in [0.1, 0.15) is 38.3 Å². The summed E-state index contributed by atoms with van der Waals surface area (Å²) in [6.07, 6.45) is 2.44. The summed E-state index contributed by atoms with van der Waals surface area (Å²) in [5.74, 6) is 0.563. The third-order valence-corrected chi connectivity index (χ3v) is 3.68. The molecular weight excluding hydrogens is 215 g/mol. The minimum absolute atomic E-state index is 0.124. The first-order valence-corrected chi connectivity index (χ1v) is 6.41. The predicted octanol–water partition coefficient (Wildman–Crippen LogP) is 3.08. The van der Waals surface area contributed by atoms with Crippen LogP contribution in [0.3, 0.4) is 0 Å². The van der Waals surface area contributed by atoms with Gasteiger partial charge in [-0.05, 0) is 43.0 Å². The highest BCUT2D eigenvalue weighted by Gasteiger charge is 2.23. The van der Waals surface area contributed by atoms with Gasteiger partial charge in [-0.1, -0.05) is 13.3 Å². The van der Waals surface area contributed by atoms with Crippen molar-refractivity contribution in [1.29, 1.82) is 0 Å². The van der Waals surface area contributed by atoms with E-state index in [-0.39, 0.29) is 11.9 Å². The zero-order valence-corrected chi connectivity index (χ0v) is 10.6. The monoisotopic (exact) mass is 236 g/mol. The molecular formula is C14H21FN2. The number of benzene rings is 1. The maximum absolute atomic E-state index is 13.3. The largest absolute Gasteiger partial charge is 0.371 e.